The SMILES string of the molecule is c1ccc2cc(-c3ccc4c(c3)c3cc(-c5ccc(-c6ccc(Sc7cccc8ccccc78)cc6)cc5)ccc3n4-c3cccc4ccccc34)ccc2c1. The summed E-state index contributed by atoms with van der Waals surface area (Å²) in [6, 6.07) is 77.8. The Kier molecular flexibility index (Phi) is 7.82. The Morgan fingerprint density at radius 2 is 0.750 bits per heavy atom. The highest BCUT2D eigenvalue weighted by atomic mass is 32.2. The van der Waals surface area contributed by atoms with Crippen molar-refractivity contribution in [1.82, 2.24) is 4.57 Å². The van der Waals surface area contributed by atoms with Crippen molar-refractivity contribution < 1.29 is 0 Å². The van der Waals surface area contributed by atoms with Crippen molar-refractivity contribution >= 4 is 65.9 Å². The highest BCUT2D eigenvalue weighted by Crippen LogP contribution is 2.40. The van der Waals surface area contributed by atoms with Crippen LogP contribution < -0.4 is 0 Å². The second kappa shape index (κ2) is 13.5. The summed E-state index contributed by atoms with van der Waals surface area (Å²) in [7, 11) is 0. The van der Waals surface area contributed by atoms with Crippen molar-refractivity contribution in [3.8, 4) is 39.1 Å². The predicted molar refractivity (Wildman–Crippen MR) is 240 cm³/mol. The molecule has 262 valence electrons. The lowest BCUT2D eigenvalue weighted by molar-refractivity contribution is 1.20. The van der Waals surface area contributed by atoms with Gasteiger partial charge in [0.2, 0.25) is 0 Å². The summed E-state index contributed by atoms with van der Waals surface area (Å²) in [4.78, 5) is 2.52. The van der Waals surface area contributed by atoms with Crippen LogP contribution in [-0.4, -0.2) is 4.57 Å². The molecule has 0 saturated carbocycles. The Morgan fingerprint density at radius 1 is 0.286 bits per heavy atom. The summed E-state index contributed by atoms with van der Waals surface area (Å²) in [5.41, 5.74) is 10.9. The average Bonchev–Trinajstić information content (AvgIpc) is 3.59. The van der Waals surface area contributed by atoms with E-state index in [0.717, 1.165) is 0 Å². The van der Waals surface area contributed by atoms with Crippen LogP contribution in [0.5, 0.6) is 0 Å². The minimum Gasteiger partial charge on any atom is -0.309 e. The molecule has 0 unspecified atom stereocenters. The molecule has 0 N–H and O–H groups in total. The second-order valence-corrected chi connectivity index (χ2v) is 15.7. The molecular formula is C54H35NS. The number of hydrogen-bond acceptors (Lipinski definition) is 1. The van der Waals surface area contributed by atoms with Crippen LogP contribution in [0.3, 0.4) is 0 Å². The molecule has 0 amide bonds. The van der Waals surface area contributed by atoms with E-state index in [4.69, 9.17) is 0 Å². The minimum absolute atomic E-state index is 1.19. The van der Waals surface area contributed by atoms with Crippen LogP contribution in [0.2, 0.25) is 0 Å². The fraction of sp³-hybridized carbons (Fsp3) is 0. The molecule has 0 fully saturated rings. The van der Waals surface area contributed by atoms with Gasteiger partial charge in [-0.05, 0) is 115 Å². The quantitative estimate of drug-likeness (QED) is 0.165. The van der Waals surface area contributed by atoms with Crippen molar-refractivity contribution in [1.29, 1.82) is 0 Å². The van der Waals surface area contributed by atoms with Gasteiger partial charge in [-0.2, -0.15) is 0 Å². The summed E-state index contributed by atoms with van der Waals surface area (Å²) < 4.78 is 2.45. The number of rotatable bonds is 6. The molecule has 0 aliphatic rings. The first kappa shape index (κ1) is 32.6. The number of hydrogen-bond donors (Lipinski definition) is 0. The topological polar surface area (TPSA) is 4.93 Å². The van der Waals surface area contributed by atoms with Crippen molar-refractivity contribution in [2.45, 2.75) is 9.79 Å². The van der Waals surface area contributed by atoms with Crippen LogP contribution in [0, 0.1) is 0 Å². The van der Waals surface area contributed by atoms with Crippen LogP contribution in [0.25, 0.3) is 93.2 Å². The van der Waals surface area contributed by atoms with E-state index in [9.17, 15) is 0 Å². The maximum absolute atomic E-state index is 2.45. The van der Waals surface area contributed by atoms with Gasteiger partial charge in [0.25, 0.3) is 0 Å². The summed E-state index contributed by atoms with van der Waals surface area (Å²) >= 11 is 1.82. The summed E-state index contributed by atoms with van der Waals surface area (Å²) in [5, 5.41) is 10.1. The van der Waals surface area contributed by atoms with E-state index >= 15 is 0 Å². The van der Waals surface area contributed by atoms with Crippen LogP contribution in [-0.2, 0) is 0 Å². The molecular weight excluding hydrogens is 695 g/mol. The molecule has 0 bridgehead atoms. The Balaban J connectivity index is 0.976. The van der Waals surface area contributed by atoms with Gasteiger partial charge in [-0.3, -0.25) is 0 Å². The molecule has 11 rings (SSSR count). The third-order valence-corrected chi connectivity index (χ3v) is 12.3. The van der Waals surface area contributed by atoms with E-state index in [-0.39, 0.29) is 0 Å². The van der Waals surface area contributed by atoms with Gasteiger partial charge in [0.05, 0.1) is 16.7 Å². The van der Waals surface area contributed by atoms with Gasteiger partial charge in [0, 0.05) is 25.9 Å². The fourth-order valence-corrected chi connectivity index (χ4v) is 9.36. The van der Waals surface area contributed by atoms with E-state index in [0.29, 0.717) is 0 Å². The van der Waals surface area contributed by atoms with Gasteiger partial charge in [-0.25, -0.2) is 0 Å². The third kappa shape index (κ3) is 5.66. The van der Waals surface area contributed by atoms with Gasteiger partial charge in [-0.1, -0.05) is 169 Å². The Morgan fingerprint density at radius 3 is 1.45 bits per heavy atom. The first-order chi connectivity index (χ1) is 27.7. The summed E-state index contributed by atoms with van der Waals surface area (Å²) in [6.07, 6.45) is 0. The van der Waals surface area contributed by atoms with Crippen LogP contribution in [0.4, 0.5) is 0 Å². The molecule has 0 aliphatic heterocycles. The zero-order valence-corrected chi connectivity index (χ0v) is 31.4. The summed E-state index contributed by atoms with van der Waals surface area (Å²) in [5.74, 6) is 0. The van der Waals surface area contributed by atoms with E-state index < -0.39 is 0 Å². The zero-order valence-electron chi connectivity index (χ0n) is 30.6. The molecule has 0 saturated heterocycles. The average molecular weight is 730 g/mol. The van der Waals surface area contributed by atoms with Gasteiger partial charge in [0.1, 0.15) is 0 Å². The lowest BCUT2D eigenvalue weighted by Gasteiger charge is -2.12. The zero-order chi connectivity index (χ0) is 37.0. The molecule has 0 spiro atoms. The molecule has 1 aromatic heterocycles. The van der Waals surface area contributed by atoms with Gasteiger partial charge < -0.3 is 4.57 Å². The van der Waals surface area contributed by atoms with E-state index in [1.807, 2.05) is 11.8 Å². The molecule has 1 heterocycles. The lowest BCUT2D eigenvalue weighted by atomic mass is 9.97. The van der Waals surface area contributed by atoms with Crippen LogP contribution >= 0.6 is 11.8 Å². The highest BCUT2D eigenvalue weighted by Gasteiger charge is 2.17. The van der Waals surface area contributed by atoms with Gasteiger partial charge >= 0.3 is 0 Å². The highest BCUT2D eigenvalue weighted by molar-refractivity contribution is 7.99. The second-order valence-electron chi connectivity index (χ2n) is 14.5. The van der Waals surface area contributed by atoms with Crippen LogP contribution in [0.15, 0.2) is 222 Å². The van der Waals surface area contributed by atoms with E-state index in [1.54, 1.807) is 0 Å². The number of benzene rings is 10. The predicted octanol–water partition coefficient (Wildman–Crippen LogP) is 15.4. The molecule has 56 heavy (non-hydrogen) atoms. The summed E-state index contributed by atoms with van der Waals surface area (Å²) in [6.45, 7) is 0. The largest absolute Gasteiger partial charge is 0.309 e. The fourth-order valence-electron chi connectivity index (χ4n) is 8.40. The van der Waals surface area contributed by atoms with Gasteiger partial charge in [-0.15, -0.1) is 0 Å². The molecule has 1 nitrogen and oxygen atoms in total. The first-order valence-corrected chi connectivity index (χ1v) is 20.0. The maximum atomic E-state index is 2.45. The molecule has 2 heteroatoms. The van der Waals surface area contributed by atoms with Crippen LogP contribution in [0.1, 0.15) is 0 Å². The number of aromatic nitrogens is 1. The lowest BCUT2D eigenvalue weighted by Crippen LogP contribution is -1.95. The van der Waals surface area contributed by atoms with E-state index in [1.165, 1.54) is 103 Å². The molecule has 0 atom stereocenters. The van der Waals surface area contributed by atoms with Crippen molar-refractivity contribution in [2.24, 2.45) is 0 Å². The minimum atomic E-state index is 1.19. The van der Waals surface area contributed by atoms with Crippen molar-refractivity contribution in [3.05, 3.63) is 212 Å². The Hall–Kier alpha value is -6.87. The number of fused-ring (bicyclic) bond motifs is 6. The molecule has 0 aliphatic carbocycles. The Labute approximate surface area is 330 Å². The maximum Gasteiger partial charge on any atom is 0.0541 e. The molecule has 0 radical (unpaired) electrons. The normalized spacial score (nSPS) is 11.6. The molecule has 11 aromatic rings. The smallest absolute Gasteiger partial charge is 0.0541 e. The Bertz CT molecular complexity index is 3250. The van der Waals surface area contributed by atoms with Gasteiger partial charge in [0.15, 0.2) is 0 Å². The third-order valence-electron chi connectivity index (χ3n) is 11.2. The number of nitrogens with zero attached hydrogens (tertiary/aromatic N) is 1. The van der Waals surface area contributed by atoms with Crippen molar-refractivity contribution in [3.63, 3.8) is 0 Å². The standard InChI is InChI=1S/C54H35NS/c1-2-12-42-33-43(24-23-36(42)9-1)45-28-32-53-50(35-45)49-34-44(27-31-52(49)55(53)51-17-7-13-40-10-3-5-15-47(40)51)39-21-19-37(20-22-39)38-25-29-46(30-26-38)56-54-18-8-14-41-11-4-6-16-48(41)54/h1-35H. The van der Waals surface area contributed by atoms with E-state index in [2.05, 4.69) is 217 Å². The molecule has 10 aromatic carbocycles. The van der Waals surface area contributed by atoms with Crippen molar-refractivity contribution in [2.75, 3.05) is 0 Å². The monoisotopic (exact) mass is 729 g/mol. The first-order valence-electron chi connectivity index (χ1n) is 19.2.